The Morgan fingerprint density at radius 2 is 1.49 bits per heavy atom. The van der Waals surface area contributed by atoms with E-state index in [2.05, 4.69) is 34.9 Å². The van der Waals surface area contributed by atoms with E-state index in [0.717, 1.165) is 25.7 Å². The summed E-state index contributed by atoms with van der Waals surface area (Å²) in [6.07, 6.45) is 4.58. The number of carbonyl (C=O) groups excluding carboxylic acids is 2. The van der Waals surface area contributed by atoms with E-state index < -0.39 is 17.6 Å². The molecule has 0 bridgehead atoms. The van der Waals surface area contributed by atoms with Crippen LogP contribution in [0.1, 0.15) is 75.8 Å². The zero-order valence-electron chi connectivity index (χ0n) is 20.6. The molecule has 0 radical (unpaired) electrons. The third kappa shape index (κ3) is 6.84. The van der Waals surface area contributed by atoms with Crippen molar-refractivity contribution >= 4 is 18.0 Å². The molecule has 2 aromatic carbocycles. The van der Waals surface area contributed by atoms with Crippen LogP contribution in [0.2, 0.25) is 0 Å². The molecule has 1 aliphatic carbocycles. The van der Waals surface area contributed by atoms with Crippen LogP contribution in [-0.4, -0.2) is 41.8 Å². The first-order valence-electron chi connectivity index (χ1n) is 12.5. The van der Waals surface area contributed by atoms with Crippen molar-refractivity contribution in [2.75, 3.05) is 13.2 Å². The van der Waals surface area contributed by atoms with Gasteiger partial charge in [-0.15, -0.1) is 0 Å². The van der Waals surface area contributed by atoms with E-state index >= 15 is 0 Å². The topological polar surface area (TPSA) is 105 Å². The first-order valence-corrected chi connectivity index (χ1v) is 12.5. The summed E-state index contributed by atoms with van der Waals surface area (Å²) in [5, 5.41) is 14.7. The molecule has 7 nitrogen and oxygen atoms in total. The van der Waals surface area contributed by atoms with E-state index in [-0.39, 0.29) is 11.8 Å². The van der Waals surface area contributed by atoms with Crippen molar-refractivity contribution in [1.29, 1.82) is 0 Å². The minimum absolute atomic E-state index is 0.0519. The van der Waals surface area contributed by atoms with Gasteiger partial charge in [0, 0.05) is 18.9 Å². The van der Waals surface area contributed by atoms with Gasteiger partial charge in [0.25, 0.3) is 0 Å². The lowest BCUT2D eigenvalue weighted by Crippen LogP contribution is -2.51. The molecule has 1 aliphatic rings. The second kappa shape index (κ2) is 12.4. The van der Waals surface area contributed by atoms with Gasteiger partial charge in [-0.05, 0) is 48.4 Å². The maximum atomic E-state index is 12.2. The fourth-order valence-electron chi connectivity index (χ4n) is 4.44. The number of benzene rings is 2. The van der Waals surface area contributed by atoms with Crippen molar-refractivity contribution in [3.63, 3.8) is 0 Å². The summed E-state index contributed by atoms with van der Waals surface area (Å²) >= 11 is 0. The van der Waals surface area contributed by atoms with Crippen LogP contribution in [0.15, 0.2) is 48.5 Å². The second-order valence-corrected chi connectivity index (χ2v) is 9.31. The highest BCUT2D eigenvalue weighted by Crippen LogP contribution is 2.44. The van der Waals surface area contributed by atoms with E-state index in [1.807, 2.05) is 24.3 Å². The van der Waals surface area contributed by atoms with Gasteiger partial charge in [0.15, 0.2) is 0 Å². The Labute approximate surface area is 207 Å². The van der Waals surface area contributed by atoms with E-state index in [1.165, 1.54) is 29.2 Å². The molecule has 1 unspecified atom stereocenters. The maximum Gasteiger partial charge on any atom is 0.407 e. The molecule has 2 amide bonds. The number of nitrogens with one attached hydrogen (secondary N) is 2. The van der Waals surface area contributed by atoms with Crippen molar-refractivity contribution in [2.45, 2.75) is 70.3 Å². The zero-order valence-corrected chi connectivity index (χ0v) is 20.6. The molecule has 0 fully saturated rings. The van der Waals surface area contributed by atoms with E-state index in [4.69, 9.17) is 4.74 Å². The van der Waals surface area contributed by atoms with Crippen LogP contribution >= 0.6 is 0 Å². The van der Waals surface area contributed by atoms with Crippen LogP contribution in [0.5, 0.6) is 0 Å². The molecule has 35 heavy (non-hydrogen) atoms. The molecule has 0 aromatic heterocycles. The molecule has 0 spiro atoms. The van der Waals surface area contributed by atoms with Gasteiger partial charge in [-0.25, -0.2) is 9.59 Å². The van der Waals surface area contributed by atoms with Gasteiger partial charge in [0.2, 0.25) is 5.91 Å². The first kappa shape index (κ1) is 26.3. The average Bonchev–Trinajstić information content (AvgIpc) is 3.17. The Morgan fingerprint density at radius 1 is 0.914 bits per heavy atom. The summed E-state index contributed by atoms with van der Waals surface area (Å²) in [7, 11) is 0. The Morgan fingerprint density at radius 3 is 2.09 bits per heavy atom. The van der Waals surface area contributed by atoms with Gasteiger partial charge in [-0.2, -0.15) is 0 Å². The van der Waals surface area contributed by atoms with Crippen LogP contribution in [0.4, 0.5) is 4.79 Å². The average molecular weight is 481 g/mol. The Bertz CT molecular complexity index is 992. The first-order chi connectivity index (χ1) is 16.9. The van der Waals surface area contributed by atoms with Crippen LogP contribution in [-0.2, 0) is 14.3 Å². The van der Waals surface area contributed by atoms with Crippen molar-refractivity contribution in [3.8, 4) is 11.1 Å². The predicted molar refractivity (Wildman–Crippen MR) is 135 cm³/mol. The van der Waals surface area contributed by atoms with Gasteiger partial charge >= 0.3 is 12.1 Å². The Kier molecular flexibility index (Phi) is 9.29. The third-order valence-electron chi connectivity index (χ3n) is 6.79. The van der Waals surface area contributed by atoms with E-state index in [0.29, 0.717) is 32.4 Å². The Balaban J connectivity index is 1.28. The lowest BCUT2D eigenvalue weighted by Gasteiger charge is -2.24. The fourth-order valence-corrected chi connectivity index (χ4v) is 4.44. The summed E-state index contributed by atoms with van der Waals surface area (Å²) in [6, 6.07) is 16.5. The van der Waals surface area contributed by atoms with Crippen molar-refractivity contribution in [3.05, 3.63) is 59.7 Å². The smallest absolute Gasteiger partial charge is 0.407 e. The molecule has 188 valence electrons. The number of carbonyl (C=O) groups is 3. The molecule has 1 atom stereocenters. The highest BCUT2D eigenvalue weighted by atomic mass is 16.5. The number of carboxylic acids is 1. The van der Waals surface area contributed by atoms with Gasteiger partial charge in [0.1, 0.15) is 12.1 Å². The molecule has 0 aliphatic heterocycles. The second-order valence-electron chi connectivity index (χ2n) is 9.31. The number of hydrogen-bond donors (Lipinski definition) is 3. The van der Waals surface area contributed by atoms with Crippen molar-refractivity contribution in [2.24, 2.45) is 0 Å². The van der Waals surface area contributed by atoms with Crippen molar-refractivity contribution < 1.29 is 24.2 Å². The lowest BCUT2D eigenvalue weighted by atomic mass is 9.98. The maximum absolute atomic E-state index is 12.2. The number of rotatable bonds is 13. The van der Waals surface area contributed by atoms with Gasteiger partial charge < -0.3 is 20.5 Å². The molecule has 3 rings (SSSR count). The monoisotopic (exact) mass is 480 g/mol. The van der Waals surface area contributed by atoms with Crippen molar-refractivity contribution in [1.82, 2.24) is 10.6 Å². The van der Waals surface area contributed by atoms with Gasteiger partial charge in [-0.3, -0.25) is 4.79 Å². The third-order valence-corrected chi connectivity index (χ3v) is 6.79. The highest BCUT2D eigenvalue weighted by Gasteiger charge is 2.32. The standard InChI is InChI=1S/C28H36N2O5/c1-3-28(2,26(32)33)30-25(31)17-7-5-4-6-12-18-29-27(34)35-19-24-22-15-10-8-13-20(22)21-14-9-11-16-23(21)24/h8-11,13-16,24H,3-7,12,17-19H2,1-2H3,(H,29,34)(H,30,31)(H,32,33). The van der Waals surface area contributed by atoms with Gasteiger partial charge in [-0.1, -0.05) is 74.7 Å². The normalized spacial score (nSPS) is 13.9. The summed E-state index contributed by atoms with van der Waals surface area (Å²) in [5.74, 6) is -1.19. The molecular weight excluding hydrogens is 444 g/mol. The molecule has 7 heteroatoms. The predicted octanol–water partition coefficient (Wildman–Crippen LogP) is 5.24. The number of amides is 2. The minimum atomic E-state index is -1.21. The number of ether oxygens (including phenoxy) is 1. The summed E-state index contributed by atoms with van der Waals surface area (Å²) < 4.78 is 5.54. The van der Waals surface area contributed by atoms with E-state index in [9.17, 15) is 19.5 Å². The van der Waals surface area contributed by atoms with Crippen LogP contribution in [0.3, 0.4) is 0 Å². The van der Waals surface area contributed by atoms with Crippen LogP contribution < -0.4 is 10.6 Å². The van der Waals surface area contributed by atoms with E-state index in [1.54, 1.807) is 6.92 Å². The molecule has 0 saturated carbocycles. The molecule has 0 heterocycles. The number of fused-ring (bicyclic) bond motifs is 3. The number of alkyl carbamates (subject to hydrolysis) is 1. The molecule has 3 N–H and O–H groups in total. The molecular formula is C28H36N2O5. The number of carboxylic acid groups (broad SMARTS) is 1. The van der Waals surface area contributed by atoms with Gasteiger partial charge in [0.05, 0.1) is 0 Å². The van der Waals surface area contributed by atoms with Crippen LogP contribution in [0, 0.1) is 0 Å². The summed E-state index contributed by atoms with van der Waals surface area (Å²) in [5.41, 5.74) is 3.59. The Hall–Kier alpha value is -3.35. The van der Waals surface area contributed by atoms with Crippen LogP contribution in [0.25, 0.3) is 11.1 Å². The summed E-state index contributed by atoms with van der Waals surface area (Å²) in [4.78, 5) is 35.5. The fraction of sp³-hybridized carbons (Fsp3) is 0.464. The summed E-state index contributed by atoms with van der Waals surface area (Å²) in [6.45, 7) is 4.12. The zero-order chi connectivity index (χ0) is 25.3. The molecule has 0 saturated heterocycles. The number of hydrogen-bond acceptors (Lipinski definition) is 4. The number of unbranched alkanes of at least 4 members (excludes halogenated alkanes) is 4. The highest BCUT2D eigenvalue weighted by molar-refractivity contribution is 5.86. The largest absolute Gasteiger partial charge is 0.480 e. The minimum Gasteiger partial charge on any atom is -0.480 e. The number of aliphatic carboxylic acids is 1. The molecule has 2 aromatic rings. The SMILES string of the molecule is CCC(C)(NC(=O)CCCCCCCNC(=O)OCC1c2ccccc2-c2ccccc21)C(=O)O. The lowest BCUT2D eigenvalue weighted by molar-refractivity contribution is -0.147. The quantitative estimate of drug-likeness (QED) is 0.340.